The van der Waals surface area contributed by atoms with E-state index in [9.17, 15) is 14.7 Å². The number of rotatable bonds is 8. The Kier molecular flexibility index (Phi) is 7.29. The summed E-state index contributed by atoms with van der Waals surface area (Å²) in [5, 5.41) is 13.2. The first-order valence-corrected chi connectivity index (χ1v) is 13.6. The maximum Gasteiger partial charge on any atom is 0.280 e. The van der Waals surface area contributed by atoms with E-state index >= 15 is 0 Å². The number of amides is 1. The van der Waals surface area contributed by atoms with Crippen LogP contribution in [0.15, 0.2) is 59.7 Å². The van der Waals surface area contributed by atoms with Gasteiger partial charge in [-0.1, -0.05) is 18.2 Å². The molecule has 4 aromatic rings. The highest BCUT2D eigenvalue weighted by atomic mass is 16.6. The van der Waals surface area contributed by atoms with E-state index in [1.165, 1.54) is 36.2 Å². The first-order valence-electron chi connectivity index (χ1n) is 13.6. The normalized spacial score (nSPS) is 16.8. The minimum Gasteiger partial charge on any atom is -0.392 e. The number of pyridine rings is 1. The predicted molar refractivity (Wildman–Crippen MR) is 152 cm³/mol. The van der Waals surface area contributed by atoms with Crippen molar-refractivity contribution in [3.63, 3.8) is 0 Å². The topological polar surface area (TPSA) is 122 Å². The Morgan fingerprint density at radius 1 is 1.15 bits per heavy atom. The molecule has 2 aromatic heterocycles. The van der Waals surface area contributed by atoms with Crippen LogP contribution in [0.5, 0.6) is 0 Å². The van der Waals surface area contributed by atoms with Gasteiger partial charge in [-0.15, -0.1) is 0 Å². The minimum atomic E-state index is -0.632. The van der Waals surface area contributed by atoms with Gasteiger partial charge in [-0.05, 0) is 73.1 Å². The fourth-order valence-electron chi connectivity index (χ4n) is 5.57. The zero-order valence-corrected chi connectivity index (χ0v) is 22.4. The summed E-state index contributed by atoms with van der Waals surface area (Å²) in [4.78, 5) is 42.0. The zero-order valence-electron chi connectivity index (χ0n) is 22.4. The summed E-state index contributed by atoms with van der Waals surface area (Å²) in [5.74, 6) is -0.290. The molecule has 0 unspecified atom stereocenters. The molecule has 1 atom stereocenters. The lowest BCUT2D eigenvalue weighted by Crippen LogP contribution is -2.29. The quantitative estimate of drug-likeness (QED) is 0.292. The zero-order chi connectivity index (χ0) is 27.6. The summed E-state index contributed by atoms with van der Waals surface area (Å²) in [6, 6.07) is 14.3. The molecular weight excluding hydrogens is 508 g/mol. The smallest absolute Gasteiger partial charge is 0.280 e. The minimum absolute atomic E-state index is 0.0572. The third-order valence-corrected chi connectivity index (χ3v) is 7.72. The number of aliphatic hydroxyl groups excluding tert-OH is 1. The Labute approximate surface area is 231 Å². The summed E-state index contributed by atoms with van der Waals surface area (Å²) in [5.41, 5.74) is 7.55. The third kappa shape index (κ3) is 5.33. The number of aliphatic hydroxyl groups is 1. The number of carbonyl (C=O) groups is 1. The molecule has 10 heteroatoms. The number of hydrogen-bond acceptors (Lipinski definition) is 8. The largest absolute Gasteiger partial charge is 0.392 e. The molecule has 6 rings (SSSR count). The van der Waals surface area contributed by atoms with Gasteiger partial charge < -0.3 is 19.9 Å². The van der Waals surface area contributed by atoms with E-state index in [0.717, 1.165) is 63.1 Å². The first-order chi connectivity index (χ1) is 19.5. The Hall–Kier alpha value is -4.12. The van der Waals surface area contributed by atoms with Crippen molar-refractivity contribution in [3.8, 4) is 5.69 Å². The van der Waals surface area contributed by atoms with Crippen LogP contribution in [0, 0.1) is 0 Å². The summed E-state index contributed by atoms with van der Waals surface area (Å²) in [6.45, 7) is 2.60. The van der Waals surface area contributed by atoms with Crippen molar-refractivity contribution in [1.29, 1.82) is 0 Å². The molecule has 40 heavy (non-hydrogen) atoms. The summed E-state index contributed by atoms with van der Waals surface area (Å²) in [7, 11) is 1.32. The van der Waals surface area contributed by atoms with Gasteiger partial charge in [0.2, 0.25) is 11.4 Å². The maximum absolute atomic E-state index is 13.2. The average Bonchev–Trinajstić information content (AvgIpc) is 3.61. The number of benzene rings is 2. The standard InChI is InChI=1S/C30H32N6O4/c1-40-34-29(39)26-18-36(23-10-7-20-3-2-4-21(20)15-23)28-25(27(26)38)16-31-30(33-28)32-22-8-5-19(6-9-22)11-13-35-14-12-24(37)17-35/h5-10,15-16,18,24,37H,2-4,11-14,17H2,1H3,(H,34,39)(H,31,32,33)/t24-/m0/s1. The first kappa shape index (κ1) is 26.1. The molecule has 10 nitrogen and oxygen atoms in total. The lowest BCUT2D eigenvalue weighted by atomic mass is 10.1. The molecule has 1 fully saturated rings. The van der Waals surface area contributed by atoms with Gasteiger partial charge in [0.25, 0.3) is 5.91 Å². The molecule has 3 heterocycles. The maximum atomic E-state index is 13.2. The van der Waals surface area contributed by atoms with Gasteiger partial charge in [-0.2, -0.15) is 4.98 Å². The number of likely N-dealkylation sites (tertiary alicyclic amines) is 1. The van der Waals surface area contributed by atoms with Crippen molar-refractivity contribution in [2.24, 2.45) is 0 Å². The molecule has 206 valence electrons. The number of fused-ring (bicyclic) bond motifs is 2. The molecule has 0 saturated carbocycles. The highest BCUT2D eigenvalue weighted by molar-refractivity contribution is 5.96. The molecule has 2 aromatic carbocycles. The van der Waals surface area contributed by atoms with Gasteiger partial charge in [0.15, 0.2) is 5.65 Å². The van der Waals surface area contributed by atoms with Gasteiger partial charge in [0, 0.05) is 43.4 Å². The molecule has 3 N–H and O–H groups in total. The number of aromatic nitrogens is 3. The van der Waals surface area contributed by atoms with E-state index in [-0.39, 0.29) is 17.1 Å². The van der Waals surface area contributed by atoms with Gasteiger partial charge in [0.05, 0.1) is 18.6 Å². The lowest BCUT2D eigenvalue weighted by Gasteiger charge is -2.15. The monoisotopic (exact) mass is 540 g/mol. The van der Waals surface area contributed by atoms with Crippen LogP contribution in [0.4, 0.5) is 11.6 Å². The van der Waals surface area contributed by atoms with Crippen molar-refractivity contribution >= 4 is 28.6 Å². The highest BCUT2D eigenvalue weighted by Crippen LogP contribution is 2.26. The summed E-state index contributed by atoms with van der Waals surface area (Å²) >= 11 is 0. The number of hydrogen-bond donors (Lipinski definition) is 3. The van der Waals surface area contributed by atoms with Crippen molar-refractivity contribution in [2.45, 2.75) is 38.2 Å². The Morgan fingerprint density at radius 2 is 1.98 bits per heavy atom. The van der Waals surface area contributed by atoms with Crippen LogP contribution in [0.25, 0.3) is 16.7 Å². The number of β-amino-alcohol motifs (C(OH)–C–C–N with tert-alkyl or cyclic N) is 1. The van der Waals surface area contributed by atoms with E-state index in [2.05, 4.69) is 44.9 Å². The molecule has 0 radical (unpaired) electrons. The third-order valence-electron chi connectivity index (χ3n) is 7.72. The molecule has 0 spiro atoms. The number of anilines is 2. The fourth-order valence-corrected chi connectivity index (χ4v) is 5.57. The van der Waals surface area contributed by atoms with Crippen molar-refractivity contribution in [2.75, 3.05) is 32.1 Å². The molecule has 0 bridgehead atoms. The van der Waals surface area contributed by atoms with Gasteiger partial charge in [0.1, 0.15) is 5.56 Å². The number of nitrogens with zero attached hydrogens (tertiary/aromatic N) is 4. The van der Waals surface area contributed by atoms with Gasteiger partial charge in [-0.3, -0.25) is 14.4 Å². The van der Waals surface area contributed by atoms with Crippen molar-refractivity contribution in [1.82, 2.24) is 24.9 Å². The number of carbonyl (C=O) groups excluding carboxylic acids is 1. The van der Waals surface area contributed by atoms with Gasteiger partial charge in [-0.25, -0.2) is 10.5 Å². The molecular formula is C30H32N6O4. The molecule has 2 aliphatic rings. The van der Waals surface area contributed by atoms with E-state index in [1.54, 1.807) is 4.57 Å². The SMILES string of the molecule is CONC(=O)c1cn(-c2ccc3c(c2)CCC3)c2nc(Nc3ccc(CCN4CC[C@H](O)C4)cc3)ncc2c1=O. The van der Waals surface area contributed by atoms with Crippen LogP contribution in [-0.2, 0) is 24.1 Å². The second-order valence-corrected chi connectivity index (χ2v) is 10.4. The molecule has 1 aliphatic heterocycles. The van der Waals surface area contributed by atoms with E-state index in [4.69, 9.17) is 9.82 Å². The second kappa shape index (κ2) is 11.2. The van der Waals surface area contributed by atoms with Crippen LogP contribution in [-0.4, -0.2) is 63.3 Å². The number of aryl methyl sites for hydroxylation is 2. The van der Waals surface area contributed by atoms with Crippen LogP contribution in [0.1, 0.15) is 39.9 Å². The predicted octanol–water partition coefficient (Wildman–Crippen LogP) is 2.91. The second-order valence-electron chi connectivity index (χ2n) is 10.4. The Bertz CT molecular complexity index is 1620. The molecule has 1 saturated heterocycles. The average molecular weight is 541 g/mol. The molecule has 1 aliphatic carbocycles. The lowest BCUT2D eigenvalue weighted by molar-refractivity contribution is 0.0536. The van der Waals surface area contributed by atoms with Crippen LogP contribution in [0.2, 0.25) is 0 Å². The van der Waals surface area contributed by atoms with Crippen LogP contribution in [0.3, 0.4) is 0 Å². The van der Waals surface area contributed by atoms with Crippen LogP contribution < -0.4 is 16.2 Å². The summed E-state index contributed by atoms with van der Waals surface area (Å²) < 4.78 is 1.77. The van der Waals surface area contributed by atoms with Gasteiger partial charge >= 0.3 is 0 Å². The molecule has 1 amide bonds. The van der Waals surface area contributed by atoms with E-state index in [0.29, 0.717) is 11.6 Å². The Balaban J connectivity index is 1.30. The number of nitrogens with one attached hydrogen (secondary N) is 2. The summed E-state index contributed by atoms with van der Waals surface area (Å²) in [6.07, 6.45) is 7.68. The van der Waals surface area contributed by atoms with Crippen molar-refractivity contribution in [3.05, 3.63) is 87.3 Å². The fraction of sp³-hybridized carbons (Fsp3) is 0.333. The van der Waals surface area contributed by atoms with E-state index < -0.39 is 11.3 Å². The van der Waals surface area contributed by atoms with E-state index in [1.807, 2.05) is 18.2 Å². The Morgan fingerprint density at radius 3 is 2.75 bits per heavy atom. The highest BCUT2D eigenvalue weighted by Gasteiger charge is 2.21. The van der Waals surface area contributed by atoms with Crippen LogP contribution >= 0.6 is 0 Å². The number of hydroxylamine groups is 1. The van der Waals surface area contributed by atoms with Crippen molar-refractivity contribution < 1.29 is 14.7 Å².